The van der Waals surface area contributed by atoms with E-state index in [1.165, 1.54) is 0 Å². The molecule has 1 N–H and O–H groups in total. The monoisotopic (exact) mass is 394 g/mol. The average molecular weight is 395 g/mol. The van der Waals surface area contributed by atoms with Gasteiger partial charge in [0.2, 0.25) is 0 Å². The van der Waals surface area contributed by atoms with E-state index < -0.39 is 0 Å². The van der Waals surface area contributed by atoms with Crippen molar-refractivity contribution in [1.82, 2.24) is 4.98 Å². The number of hydrogen-bond donors (Lipinski definition) is 1. The zero-order valence-electron chi connectivity index (χ0n) is 14.0. The number of thiocarbonyl (C=S) groups is 1. The number of rotatable bonds is 4. The van der Waals surface area contributed by atoms with Crippen molar-refractivity contribution in [1.29, 1.82) is 0 Å². The summed E-state index contributed by atoms with van der Waals surface area (Å²) in [5.74, 6) is 0. The first kappa shape index (κ1) is 17.2. The molecule has 128 valence electrons. The minimum atomic E-state index is 0.629. The van der Waals surface area contributed by atoms with Gasteiger partial charge in [-0.25, -0.2) is 4.98 Å². The van der Waals surface area contributed by atoms with E-state index in [1.807, 2.05) is 54.6 Å². The van der Waals surface area contributed by atoms with Gasteiger partial charge >= 0.3 is 0 Å². The van der Waals surface area contributed by atoms with Crippen molar-refractivity contribution >= 4 is 61.1 Å². The van der Waals surface area contributed by atoms with Crippen LogP contribution in [0.3, 0.4) is 0 Å². The molecule has 0 unspecified atom stereocenters. The van der Waals surface area contributed by atoms with Gasteiger partial charge in [0, 0.05) is 11.3 Å². The maximum Gasteiger partial charge on any atom is 0.188 e. The Morgan fingerprint density at radius 1 is 1.00 bits per heavy atom. The lowest BCUT2D eigenvalue weighted by Crippen LogP contribution is -2.03. The van der Waals surface area contributed by atoms with Gasteiger partial charge < -0.3 is 5.32 Å². The average Bonchev–Trinajstić information content (AvgIpc) is 3.04. The molecule has 1 aromatic heterocycles. The molecule has 26 heavy (non-hydrogen) atoms. The second-order valence-corrected chi connectivity index (χ2v) is 7.80. The first-order valence-corrected chi connectivity index (χ1v) is 9.74. The molecule has 4 aromatic rings. The minimum absolute atomic E-state index is 0.629. The summed E-state index contributed by atoms with van der Waals surface area (Å²) in [4.78, 5) is 5.36. The van der Waals surface area contributed by atoms with Crippen LogP contribution in [0.5, 0.6) is 0 Å². The molecular formula is C21H15ClN2S2. The molecule has 0 bridgehead atoms. The molecule has 0 spiro atoms. The molecule has 0 saturated heterocycles. The lowest BCUT2D eigenvalue weighted by atomic mass is 10.00. The van der Waals surface area contributed by atoms with Gasteiger partial charge in [0.05, 0.1) is 20.1 Å². The largest absolute Gasteiger partial charge is 0.331 e. The molecule has 4 rings (SSSR count). The zero-order chi connectivity index (χ0) is 18.1. The van der Waals surface area contributed by atoms with Crippen LogP contribution < -0.4 is 5.32 Å². The summed E-state index contributed by atoms with van der Waals surface area (Å²) in [6.45, 7) is 2.05. The van der Waals surface area contributed by atoms with Crippen LogP contribution in [0.15, 0.2) is 66.7 Å². The highest BCUT2D eigenvalue weighted by molar-refractivity contribution is 7.81. The minimum Gasteiger partial charge on any atom is -0.331 e. The fourth-order valence-corrected chi connectivity index (χ4v) is 4.42. The molecule has 0 saturated carbocycles. The zero-order valence-corrected chi connectivity index (χ0v) is 16.4. The van der Waals surface area contributed by atoms with Crippen molar-refractivity contribution in [2.45, 2.75) is 6.92 Å². The smallest absolute Gasteiger partial charge is 0.188 e. The SMILES string of the molecule is Cc1ccccc1C(=S)c1ccc(Nc2nc3ccccc3s2)cc1Cl. The molecule has 3 aromatic carbocycles. The lowest BCUT2D eigenvalue weighted by Gasteiger charge is -2.11. The summed E-state index contributed by atoms with van der Waals surface area (Å²) in [5.41, 5.74) is 4.93. The Hall–Kier alpha value is -2.27. The predicted octanol–water partition coefficient (Wildman–Crippen LogP) is 6.77. The fraction of sp³-hybridized carbons (Fsp3) is 0.0476. The quantitative estimate of drug-likeness (QED) is 0.305. The number of aromatic nitrogens is 1. The number of nitrogens with one attached hydrogen (secondary N) is 1. The summed E-state index contributed by atoms with van der Waals surface area (Å²) in [5, 5.41) is 4.80. The van der Waals surface area contributed by atoms with E-state index in [-0.39, 0.29) is 0 Å². The van der Waals surface area contributed by atoms with E-state index in [0.717, 1.165) is 42.6 Å². The number of para-hydroxylation sites is 1. The van der Waals surface area contributed by atoms with Gasteiger partial charge in [0.25, 0.3) is 0 Å². The molecule has 0 aliphatic heterocycles. The molecule has 0 atom stereocenters. The third-order valence-corrected chi connectivity index (χ3v) is 5.85. The highest BCUT2D eigenvalue weighted by atomic mass is 35.5. The number of thiazole rings is 1. The van der Waals surface area contributed by atoms with Gasteiger partial charge in [0.15, 0.2) is 5.13 Å². The number of fused-ring (bicyclic) bond motifs is 1. The van der Waals surface area contributed by atoms with Crippen molar-refractivity contribution in [2.24, 2.45) is 0 Å². The molecular weight excluding hydrogens is 380 g/mol. The molecule has 1 heterocycles. The van der Waals surface area contributed by atoms with Crippen molar-refractivity contribution in [3.8, 4) is 0 Å². The third kappa shape index (κ3) is 3.36. The standard InChI is InChI=1S/C21H15ClN2S2/c1-13-6-2-3-7-15(13)20(25)16-11-10-14(12-17(16)22)23-21-24-18-8-4-5-9-19(18)26-21/h2-12H,1H3,(H,23,24). The molecule has 0 amide bonds. The van der Waals surface area contributed by atoms with E-state index in [0.29, 0.717) is 5.02 Å². The maximum absolute atomic E-state index is 6.53. The summed E-state index contributed by atoms with van der Waals surface area (Å²) in [6.07, 6.45) is 0. The first-order valence-electron chi connectivity index (χ1n) is 8.14. The molecule has 0 radical (unpaired) electrons. The third-order valence-electron chi connectivity index (χ3n) is 4.15. The van der Waals surface area contributed by atoms with Gasteiger partial charge in [-0.15, -0.1) is 0 Å². The number of benzene rings is 3. The van der Waals surface area contributed by atoms with Crippen LogP contribution in [0.1, 0.15) is 16.7 Å². The van der Waals surface area contributed by atoms with Crippen molar-refractivity contribution < 1.29 is 0 Å². The molecule has 0 aliphatic carbocycles. The van der Waals surface area contributed by atoms with Crippen LogP contribution in [0.2, 0.25) is 5.02 Å². The summed E-state index contributed by atoms with van der Waals surface area (Å²) in [6, 6.07) is 22.0. The molecule has 5 heteroatoms. The van der Waals surface area contributed by atoms with Crippen LogP contribution in [0, 0.1) is 6.92 Å². The molecule has 0 fully saturated rings. The summed E-state index contributed by atoms with van der Waals surface area (Å²) >= 11 is 13.8. The van der Waals surface area contributed by atoms with Crippen LogP contribution in [-0.4, -0.2) is 9.85 Å². The van der Waals surface area contributed by atoms with Crippen molar-refractivity contribution in [3.05, 3.63) is 88.4 Å². The number of hydrogen-bond acceptors (Lipinski definition) is 4. The van der Waals surface area contributed by atoms with E-state index in [4.69, 9.17) is 23.8 Å². The second-order valence-electron chi connectivity index (χ2n) is 5.95. The van der Waals surface area contributed by atoms with E-state index in [1.54, 1.807) is 11.3 Å². The van der Waals surface area contributed by atoms with Gasteiger partial charge in [0.1, 0.15) is 0 Å². The van der Waals surface area contributed by atoms with Crippen LogP contribution >= 0.6 is 35.2 Å². The van der Waals surface area contributed by atoms with Gasteiger partial charge in [-0.3, -0.25) is 0 Å². The molecule has 0 aliphatic rings. The highest BCUT2D eigenvalue weighted by Gasteiger charge is 2.12. The number of aryl methyl sites for hydroxylation is 1. The summed E-state index contributed by atoms with van der Waals surface area (Å²) in [7, 11) is 0. The van der Waals surface area contributed by atoms with Gasteiger partial charge in [-0.05, 0) is 48.4 Å². The lowest BCUT2D eigenvalue weighted by molar-refractivity contribution is 1.43. The topological polar surface area (TPSA) is 24.9 Å². The summed E-state index contributed by atoms with van der Waals surface area (Å²) < 4.78 is 1.15. The Morgan fingerprint density at radius 3 is 2.54 bits per heavy atom. The van der Waals surface area contributed by atoms with Gasteiger partial charge in [-0.2, -0.15) is 0 Å². The van der Waals surface area contributed by atoms with Crippen LogP contribution in [-0.2, 0) is 0 Å². The predicted molar refractivity (Wildman–Crippen MR) is 116 cm³/mol. The number of halogens is 1. The van der Waals surface area contributed by atoms with Crippen molar-refractivity contribution in [2.75, 3.05) is 5.32 Å². The van der Waals surface area contributed by atoms with Crippen LogP contribution in [0.4, 0.5) is 10.8 Å². The van der Waals surface area contributed by atoms with Crippen molar-refractivity contribution in [3.63, 3.8) is 0 Å². The Kier molecular flexibility index (Phi) is 4.72. The number of nitrogens with zero attached hydrogens (tertiary/aromatic N) is 1. The van der Waals surface area contributed by atoms with Crippen LogP contribution in [0.25, 0.3) is 10.2 Å². The van der Waals surface area contributed by atoms with Gasteiger partial charge in [-0.1, -0.05) is 71.6 Å². The van der Waals surface area contributed by atoms with E-state index in [9.17, 15) is 0 Å². The Bertz CT molecular complexity index is 1080. The fourth-order valence-electron chi connectivity index (χ4n) is 2.80. The van der Waals surface area contributed by atoms with E-state index in [2.05, 4.69) is 29.4 Å². The first-order chi connectivity index (χ1) is 12.6. The highest BCUT2D eigenvalue weighted by Crippen LogP contribution is 2.30. The maximum atomic E-state index is 6.53. The normalized spacial score (nSPS) is 10.8. The second kappa shape index (κ2) is 7.16. The Labute approximate surface area is 166 Å². The number of anilines is 2. The van der Waals surface area contributed by atoms with E-state index >= 15 is 0 Å². The molecule has 2 nitrogen and oxygen atoms in total. The Morgan fingerprint density at radius 2 is 1.77 bits per heavy atom. The Balaban J connectivity index is 1.61.